The quantitative estimate of drug-likeness (QED) is 0.482. The average molecular weight is 354 g/mol. The molecule has 0 fully saturated rings. The van der Waals surface area contributed by atoms with Gasteiger partial charge in [0.2, 0.25) is 0 Å². The minimum atomic E-state index is 0.899. The maximum Gasteiger partial charge on any atom is 0.118 e. The Morgan fingerprint density at radius 3 is 1.77 bits per heavy atom. The SMILES string of the molecule is CCCc1nc(-c2ccc(OC)cc2)c(CCC)c(CCC)c1CCC. The third kappa shape index (κ3) is 4.66. The summed E-state index contributed by atoms with van der Waals surface area (Å²) in [6, 6.07) is 8.41. The highest BCUT2D eigenvalue weighted by molar-refractivity contribution is 5.67. The molecular weight excluding hydrogens is 318 g/mol. The van der Waals surface area contributed by atoms with Gasteiger partial charge in [0, 0.05) is 11.3 Å². The summed E-state index contributed by atoms with van der Waals surface area (Å²) in [5, 5.41) is 0. The standard InChI is InChI=1S/C24H35NO/c1-6-10-20-21(11-7-2)23(13-9-4)25-24(22(20)12-8-3)18-14-16-19(26-5)17-15-18/h14-17H,6-13H2,1-5H3. The number of ether oxygens (including phenoxy) is 1. The van der Waals surface area contributed by atoms with Gasteiger partial charge >= 0.3 is 0 Å². The first-order chi connectivity index (χ1) is 12.7. The van der Waals surface area contributed by atoms with Gasteiger partial charge in [0.05, 0.1) is 12.8 Å². The Hall–Kier alpha value is -1.83. The van der Waals surface area contributed by atoms with Crippen molar-refractivity contribution < 1.29 is 4.74 Å². The maximum absolute atomic E-state index is 5.34. The number of rotatable bonds is 10. The topological polar surface area (TPSA) is 22.1 Å². The fraction of sp³-hybridized carbons (Fsp3) is 0.542. The van der Waals surface area contributed by atoms with Gasteiger partial charge in [0.15, 0.2) is 0 Å². The highest BCUT2D eigenvalue weighted by Gasteiger charge is 2.19. The molecule has 0 unspecified atom stereocenters. The molecule has 0 aliphatic carbocycles. The molecule has 2 heteroatoms. The first-order valence-corrected chi connectivity index (χ1v) is 10.4. The summed E-state index contributed by atoms with van der Waals surface area (Å²) in [5.74, 6) is 0.899. The highest BCUT2D eigenvalue weighted by Crippen LogP contribution is 2.32. The van der Waals surface area contributed by atoms with Crippen molar-refractivity contribution in [1.82, 2.24) is 4.98 Å². The summed E-state index contributed by atoms with van der Waals surface area (Å²) < 4.78 is 5.34. The van der Waals surface area contributed by atoms with E-state index in [1.54, 1.807) is 12.7 Å². The molecule has 0 saturated carbocycles. The number of nitrogens with zero attached hydrogens (tertiary/aromatic N) is 1. The molecule has 2 rings (SSSR count). The lowest BCUT2D eigenvalue weighted by molar-refractivity contribution is 0.415. The lowest BCUT2D eigenvalue weighted by Gasteiger charge is -2.21. The molecular formula is C24H35NO. The third-order valence-corrected chi connectivity index (χ3v) is 4.96. The van der Waals surface area contributed by atoms with E-state index in [4.69, 9.17) is 9.72 Å². The number of hydrogen-bond acceptors (Lipinski definition) is 2. The molecule has 0 amide bonds. The van der Waals surface area contributed by atoms with E-state index in [-0.39, 0.29) is 0 Å². The molecule has 26 heavy (non-hydrogen) atoms. The van der Waals surface area contributed by atoms with Crippen molar-refractivity contribution in [1.29, 1.82) is 0 Å². The first kappa shape index (κ1) is 20.5. The Balaban J connectivity index is 2.70. The Kier molecular flexibility index (Phi) is 8.15. The van der Waals surface area contributed by atoms with E-state index >= 15 is 0 Å². The normalized spacial score (nSPS) is 11.0. The minimum Gasteiger partial charge on any atom is -0.497 e. The van der Waals surface area contributed by atoms with Crippen LogP contribution in [0.3, 0.4) is 0 Å². The van der Waals surface area contributed by atoms with E-state index in [2.05, 4.69) is 39.8 Å². The zero-order valence-electron chi connectivity index (χ0n) is 17.3. The van der Waals surface area contributed by atoms with Crippen LogP contribution in [0.2, 0.25) is 0 Å². The fourth-order valence-electron chi connectivity index (χ4n) is 3.82. The molecule has 0 N–H and O–H groups in total. The van der Waals surface area contributed by atoms with Crippen LogP contribution in [0.4, 0.5) is 0 Å². The van der Waals surface area contributed by atoms with Crippen LogP contribution in [0, 0.1) is 0 Å². The van der Waals surface area contributed by atoms with Crippen LogP contribution >= 0.6 is 0 Å². The van der Waals surface area contributed by atoms with Gasteiger partial charge in [-0.25, -0.2) is 0 Å². The molecule has 1 aromatic heterocycles. The molecule has 0 aliphatic rings. The van der Waals surface area contributed by atoms with Crippen molar-refractivity contribution in [3.63, 3.8) is 0 Å². The van der Waals surface area contributed by atoms with Crippen molar-refractivity contribution >= 4 is 0 Å². The zero-order valence-corrected chi connectivity index (χ0v) is 17.3. The summed E-state index contributed by atoms with van der Waals surface area (Å²) in [6.07, 6.45) is 9.15. The van der Waals surface area contributed by atoms with Crippen molar-refractivity contribution in [3.05, 3.63) is 46.6 Å². The fourth-order valence-corrected chi connectivity index (χ4v) is 3.82. The second-order valence-electron chi connectivity index (χ2n) is 7.07. The van der Waals surface area contributed by atoms with Gasteiger partial charge in [-0.15, -0.1) is 0 Å². The summed E-state index contributed by atoms with van der Waals surface area (Å²) >= 11 is 0. The van der Waals surface area contributed by atoms with Gasteiger partial charge in [-0.1, -0.05) is 53.4 Å². The largest absolute Gasteiger partial charge is 0.497 e. The highest BCUT2D eigenvalue weighted by atomic mass is 16.5. The smallest absolute Gasteiger partial charge is 0.118 e. The Morgan fingerprint density at radius 1 is 0.692 bits per heavy atom. The van der Waals surface area contributed by atoms with E-state index in [0.29, 0.717) is 0 Å². The van der Waals surface area contributed by atoms with Crippen LogP contribution in [-0.4, -0.2) is 12.1 Å². The van der Waals surface area contributed by atoms with Crippen LogP contribution in [-0.2, 0) is 25.7 Å². The maximum atomic E-state index is 5.34. The van der Waals surface area contributed by atoms with Gasteiger partial charge < -0.3 is 4.74 Å². The van der Waals surface area contributed by atoms with Crippen molar-refractivity contribution in [3.8, 4) is 17.0 Å². The number of methoxy groups -OCH3 is 1. The number of pyridine rings is 1. The van der Waals surface area contributed by atoms with Gasteiger partial charge in [-0.3, -0.25) is 4.98 Å². The number of aromatic nitrogens is 1. The second kappa shape index (κ2) is 10.4. The van der Waals surface area contributed by atoms with Crippen LogP contribution < -0.4 is 4.74 Å². The second-order valence-corrected chi connectivity index (χ2v) is 7.07. The predicted octanol–water partition coefficient (Wildman–Crippen LogP) is 6.57. The summed E-state index contributed by atoms with van der Waals surface area (Å²) in [6.45, 7) is 9.09. The molecule has 0 atom stereocenters. The zero-order chi connectivity index (χ0) is 18.9. The van der Waals surface area contributed by atoms with Gasteiger partial charge in [0.25, 0.3) is 0 Å². The Labute approximate surface area is 160 Å². The van der Waals surface area contributed by atoms with Crippen molar-refractivity contribution in [2.24, 2.45) is 0 Å². The van der Waals surface area contributed by atoms with Crippen LogP contribution in [0.1, 0.15) is 75.8 Å². The van der Waals surface area contributed by atoms with E-state index in [9.17, 15) is 0 Å². The number of aryl methyl sites for hydroxylation is 1. The molecule has 0 saturated heterocycles. The average Bonchev–Trinajstić information content (AvgIpc) is 2.66. The monoisotopic (exact) mass is 353 g/mol. The van der Waals surface area contributed by atoms with Gasteiger partial charge in [-0.05, 0) is 66.6 Å². The Morgan fingerprint density at radius 2 is 1.23 bits per heavy atom. The molecule has 0 aliphatic heterocycles. The molecule has 1 heterocycles. The predicted molar refractivity (Wildman–Crippen MR) is 112 cm³/mol. The molecule has 0 spiro atoms. The van der Waals surface area contributed by atoms with Crippen molar-refractivity contribution in [2.45, 2.75) is 79.1 Å². The summed E-state index contributed by atoms with van der Waals surface area (Å²) in [4.78, 5) is 5.23. The summed E-state index contributed by atoms with van der Waals surface area (Å²) in [7, 11) is 1.72. The number of benzene rings is 1. The van der Waals surface area contributed by atoms with Crippen LogP contribution in [0.25, 0.3) is 11.3 Å². The lowest BCUT2D eigenvalue weighted by atomic mass is 9.87. The van der Waals surface area contributed by atoms with Crippen LogP contribution in [0.15, 0.2) is 24.3 Å². The van der Waals surface area contributed by atoms with E-state index < -0.39 is 0 Å². The number of hydrogen-bond donors (Lipinski definition) is 0. The molecule has 1 aromatic carbocycles. The van der Waals surface area contributed by atoms with E-state index in [1.807, 2.05) is 12.1 Å². The minimum absolute atomic E-state index is 0.899. The molecule has 2 aromatic rings. The summed E-state index contributed by atoms with van der Waals surface area (Å²) in [5.41, 5.74) is 8.33. The van der Waals surface area contributed by atoms with Crippen molar-refractivity contribution in [2.75, 3.05) is 7.11 Å². The van der Waals surface area contributed by atoms with Gasteiger partial charge in [-0.2, -0.15) is 0 Å². The Bertz CT molecular complexity index is 688. The molecule has 0 radical (unpaired) electrons. The molecule has 142 valence electrons. The molecule has 2 nitrogen and oxygen atoms in total. The molecule has 0 bridgehead atoms. The first-order valence-electron chi connectivity index (χ1n) is 10.4. The van der Waals surface area contributed by atoms with E-state index in [0.717, 1.165) is 44.3 Å². The van der Waals surface area contributed by atoms with Gasteiger partial charge in [0.1, 0.15) is 5.75 Å². The third-order valence-electron chi connectivity index (χ3n) is 4.96. The lowest BCUT2D eigenvalue weighted by Crippen LogP contribution is -2.10. The van der Waals surface area contributed by atoms with Crippen LogP contribution in [0.5, 0.6) is 5.75 Å². The van der Waals surface area contributed by atoms with E-state index in [1.165, 1.54) is 40.9 Å².